The maximum absolute atomic E-state index is 13.4. The SMILES string of the molecule is Cc1ccc(C(NC(=O)C2CCN(Cc3nc(-c4ccccc4)no3)CC2)c2ccccc2)c(C)c1. The Morgan fingerprint density at radius 1 is 1.00 bits per heavy atom. The first-order valence-electron chi connectivity index (χ1n) is 12.6. The minimum absolute atomic E-state index is 0.0132. The van der Waals surface area contributed by atoms with Gasteiger partial charge in [-0.2, -0.15) is 4.98 Å². The molecule has 0 radical (unpaired) electrons. The van der Waals surface area contributed by atoms with Crippen LogP contribution in [-0.2, 0) is 11.3 Å². The van der Waals surface area contributed by atoms with Gasteiger partial charge < -0.3 is 9.84 Å². The molecule has 6 nitrogen and oxygen atoms in total. The Labute approximate surface area is 212 Å². The first kappa shape index (κ1) is 23.9. The molecule has 0 aliphatic carbocycles. The number of hydrogen-bond acceptors (Lipinski definition) is 5. The third kappa shape index (κ3) is 5.55. The predicted octanol–water partition coefficient (Wildman–Crippen LogP) is 5.47. The van der Waals surface area contributed by atoms with Gasteiger partial charge in [0.25, 0.3) is 0 Å². The van der Waals surface area contributed by atoms with E-state index in [0.29, 0.717) is 18.3 Å². The lowest BCUT2D eigenvalue weighted by Crippen LogP contribution is -2.41. The van der Waals surface area contributed by atoms with Gasteiger partial charge in [0.15, 0.2) is 0 Å². The van der Waals surface area contributed by atoms with Gasteiger partial charge in [-0.05, 0) is 56.5 Å². The van der Waals surface area contributed by atoms with Crippen molar-refractivity contribution >= 4 is 5.91 Å². The Morgan fingerprint density at radius 3 is 2.39 bits per heavy atom. The van der Waals surface area contributed by atoms with Crippen molar-refractivity contribution in [3.05, 3.63) is 107 Å². The molecule has 3 aromatic carbocycles. The summed E-state index contributed by atoms with van der Waals surface area (Å²) in [5.74, 6) is 1.32. The fourth-order valence-electron chi connectivity index (χ4n) is 4.96. The number of nitrogens with zero attached hydrogens (tertiary/aromatic N) is 3. The van der Waals surface area contributed by atoms with Crippen molar-refractivity contribution in [1.29, 1.82) is 0 Å². The summed E-state index contributed by atoms with van der Waals surface area (Å²) >= 11 is 0. The summed E-state index contributed by atoms with van der Waals surface area (Å²) in [6.45, 7) is 6.45. The average Bonchev–Trinajstić information content (AvgIpc) is 3.37. The minimum atomic E-state index is -0.160. The number of hydrogen-bond donors (Lipinski definition) is 1. The third-order valence-corrected chi connectivity index (χ3v) is 6.97. The van der Waals surface area contributed by atoms with Crippen LogP contribution in [0.5, 0.6) is 0 Å². The number of likely N-dealkylation sites (tertiary alicyclic amines) is 1. The van der Waals surface area contributed by atoms with Gasteiger partial charge in [0, 0.05) is 11.5 Å². The summed E-state index contributed by atoms with van der Waals surface area (Å²) in [6, 6.07) is 26.3. The highest BCUT2D eigenvalue weighted by molar-refractivity contribution is 5.79. The zero-order valence-electron chi connectivity index (χ0n) is 20.9. The van der Waals surface area contributed by atoms with Crippen LogP contribution in [0.15, 0.2) is 83.4 Å². The van der Waals surface area contributed by atoms with Crippen molar-refractivity contribution in [3.63, 3.8) is 0 Å². The molecule has 184 valence electrons. The number of aromatic nitrogens is 2. The summed E-state index contributed by atoms with van der Waals surface area (Å²) in [7, 11) is 0. The first-order valence-corrected chi connectivity index (χ1v) is 12.6. The summed E-state index contributed by atoms with van der Waals surface area (Å²) in [6.07, 6.45) is 1.61. The van der Waals surface area contributed by atoms with E-state index in [1.54, 1.807) is 0 Å². The molecule has 1 aromatic heterocycles. The van der Waals surface area contributed by atoms with Crippen molar-refractivity contribution < 1.29 is 9.32 Å². The normalized spacial score (nSPS) is 15.5. The Balaban J connectivity index is 1.21. The molecule has 1 aliphatic heterocycles. The van der Waals surface area contributed by atoms with Crippen LogP contribution < -0.4 is 5.32 Å². The number of rotatable bonds is 7. The number of piperidine rings is 1. The van der Waals surface area contributed by atoms with E-state index in [2.05, 4.69) is 64.5 Å². The van der Waals surface area contributed by atoms with Crippen molar-refractivity contribution in [2.75, 3.05) is 13.1 Å². The van der Waals surface area contributed by atoms with Crippen LogP contribution in [0.1, 0.15) is 47.0 Å². The van der Waals surface area contributed by atoms with Gasteiger partial charge in [-0.15, -0.1) is 0 Å². The van der Waals surface area contributed by atoms with Crippen molar-refractivity contribution in [2.24, 2.45) is 5.92 Å². The molecule has 1 amide bonds. The molecular weight excluding hydrogens is 448 g/mol. The van der Waals surface area contributed by atoms with Gasteiger partial charge in [-0.1, -0.05) is 89.6 Å². The van der Waals surface area contributed by atoms with Crippen LogP contribution in [0, 0.1) is 19.8 Å². The van der Waals surface area contributed by atoms with Crippen LogP contribution in [0.3, 0.4) is 0 Å². The topological polar surface area (TPSA) is 71.3 Å². The molecule has 1 aliphatic rings. The first-order chi connectivity index (χ1) is 17.6. The Kier molecular flexibility index (Phi) is 7.23. The van der Waals surface area contributed by atoms with E-state index >= 15 is 0 Å². The van der Waals surface area contributed by atoms with E-state index < -0.39 is 0 Å². The lowest BCUT2D eigenvalue weighted by molar-refractivity contribution is -0.127. The fourth-order valence-corrected chi connectivity index (χ4v) is 4.96. The van der Waals surface area contributed by atoms with E-state index in [4.69, 9.17) is 4.52 Å². The Bertz CT molecular complexity index is 1300. The molecule has 1 unspecified atom stereocenters. The summed E-state index contributed by atoms with van der Waals surface area (Å²) in [5, 5.41) is 7.49. The fraction of sp³-hybridized carbons (Fsp3) is 0.300. The summed E-state index contributed by atoms with van der Waals surface area (Å²) in [4.78, 5) is 20.2. The lowest BCUT2D eigenvalue weighted by atomic mass is 9.91. The molecule has 5 rings (SSSR count). The van der Waals surface area contributed by atoms with E-state index in [-0.39, 0.29) is 17.9 Å². The maximum Gasteiger partial charge on any atom is 0.241 e. The van der Waals surface area contributed by atoms with E-state index in [0.717, 1.165) is 42.6 Å². The standard InChI is InChI=1S/C30H32N4O2/c1-21-13-14-26(22(2)19-21)28(23-9-5-3-6-10-23)32-30(35)25-15-17-34(18-16-25)20-27-31-29(33-36-27)24-11-7-4-8-12-24/h3-14,19,25,28H,15-18,20H2,1-2H3,(H,32,35). The zero-order chi connectivity index (χ0) is 24.9. The Hall–Kier alpha value is -3.77. The molecule has 36 heavy (non-hydrogen) atoms. The smallest absolute Gasteiger partial charge is 0.241 e. The zero-order valence-corrected chi connectivity index (χ0v) is 20.9. The van der Waals surface area contributed by atoms with Gasteiger partial charge >= 0.3 is 0 Å². The molecular formula is C30H32N4O2. The van der Waals surface area contributed by atoms with Crippen LogP contribution in [0.25, 0.3) is 11.4 Å². The lowest BCUT2D eigenvalue weighted by Gasteiger charge is -2.31. The van der Waals surface area contributed by atoms with Crippen LogP contribution in [0.2, 0.25) is 0 Å². The Morgan fingerprint density at radius 2 is 1.69 bits per heavy atom. The highest BCUT2D eigenvalue weighted by atomic mass is 16.5. The summed E-state index contributed by atoms with van der Waals surface area (Å²) < 4.78 is 5.48. The highest BCUT2D eigenvalue weighted by Crippen LogP contribution is 2.28. The molecule has 0 spiro atoms. The monoisotopic (exact) mass is 480 g/mol. The van der Waals surface area contributed by atoms with Gasteiger partial charge in [0.2, 0.25) is 17.6 Å². The number of amides is 1. The third-order valence-electron chi connectivity index (χ3n) is 6.97. The van der Waals surface area contributed by atoms with Crippen LogP contribution >= 0.6 is 0 Å². The second kappa shape index (κ2) is 10.9. The van der Waals surface area contributed by atoms with E-state index in [9.17, 15) is 4.79 Å². The molecule has 1 fully saturated rings. The predicted molar refractivity (Wildman–Crippen MR) is 140 cm³/mol. The maximum atomic E-state index is 13.4. The summed E-state index contributed by atoms with van der Waals surface area (Å²) in [5.41, 5.74) is 5.59. The molecule has 0 bridgehead atoms. The molecule has 2 heterocycles. The highest BCUT2D eigenvalue weighted by Gasteiger charge is 2.28. The molecule has 1 atom stereocenters. The van der Waals surface area contributed by atoms with Crippen molar-refractivity contribution in [3.8, 4) is 11.4 Å². The molecule has 0 saturated carbocycles. The largest absolute Gasteiger partial charge is 0.345 e. The van der Waals surface area contributed by atoms with E-state index in [1.807, 2.05) is 48.5 Å². The number of benzene rings is 3. The van der Waals surface area contributed by atoms with E-state index in [1.165, 1.54) is 11.1 Å². The van der Waals surface area contributed by atoms with Crippen LogP contribution in [-0.4, -0.2) is 34.0 Å². The molecule has 4 aromatic rings. The average molecular weight is 481 g/mol. The molecule has 1 saturated heterocycles. The van der Waals surface area contributed by atoms with Gasteiger partial charge in [0.05, 0.1) is 12.6 Å². The molecule has 6 heteroatoms. The minimum Gasteiger partial charge on any atom is -0.345 e. The van der Waals surface area contributed by atoms with Crippen molar-refractivity contribution in [1.82, 2.24) is 20.4 Å². The van der Waals surface area contributed by atoms with Gasteiger partial charge in [-0.3, -0.25) is 9.69 Å². The quantitative estimate of drug-likeness (QED) is 0.380. The van der Waals surface area contributed by atoms with Crippen molar-refractivity contribution in [2.45, 2.75) is 39.3 Å². The molecule has 1 N–H and O–H groups in total. The number of carbonyl (C=O) groups excluding carboxylic acids is 1. The van der Waals surface area contributed by atoms with Gasteiger partial charge in [0.1, 0.15) is 0 Å². The number of carbonyl (C=O) groups is 1. The van der Waals surface area contributed by atoms with Crippen LogP contribution in [0.4, 0.5) is 0 Å². The second-order valence-corrected chi connectivity index (χ2v) is 9.64. The number of nitrogens with one attached hydrogen (secondary N) is 1. The second-order valence-electron chi connectivity index (χ2n) is 9.64. The van der Waals surface area contributed by atoms with Gasteiger partial charge in [-0.25, -0.2) is 0 Å². The number of aryl methyl sites for hydroxylation is 2.